The third-order valence-electron chi connectivity index (χ3n) is 2.84. The van der Waals surface area contributed by atoms with Gasteiger partial charge in [-0.3, -0.25) is 4.90 Å². The molecular formula is C11H17N5O. The van der Waals surface area contributed by atoms with Crippen molar-refractivity contribution in [3.8, 4) is 6.07 Å². The second-order valence-corrected chi connectivity index (χ2v) is 4.52. The van der Waals surface area contributed by atoms with E-state index in [2.05, 4.69) is 26.4 Å². The van der Waals surface area contributed by atoms with E-state index in [0.29, 0.717) is 19.0 Å². The standard InChI is InChI=1S/C11H17N5O/c1-8(2)11-14-10(17-15-11)7-16-4-3-13-6-9(16)5-12/h8-9,13H,3-4,6-7H2,1-2H3. The minimum atomic E-state index is -0.113. The van der Waals surface area contributed by atoms with Crippen molar-refractivity contribution in [2.24, 2.45) is 0 Å². The summed E-state index contributed by atoms with van der Waals surface area (Å²) in [7, 11) is 0. The van der Waals surface area contributed by atoms with Crippen LogP contribution in [-0.4, -0.2) is 40.7 Å². The highest BCUT2D eigenvalue weighted by atomic mass is 16.5. The molecule has 1 N–H and O–H groups in total. The fourth-order valence-corrected chi connectivity index (χ4v) is 1.80. The van der Waals surface area contributed by atoms with Gasteiger partial charge in [-0.05, 0) is 0 Å². The van der Waals surface area contributed by atoms with Crippen molar-refractivity contribution < 1.29 is 4.52 Å². The Hall–Kier alpha value is -1.45. The molecule has 6 heteroatoms. The minimum absolute atomic E-state index is 0.113. The normalized spacial score (nSPS) is 21.6. The van der Waals surface area contributed by atoms with E-state index in [4.69, 9.17) is 9.78 Å². The molecule has 1 aliphatic rings. The smallest absolute Gasteiger partial charge is 0.240 e. The lowest BCUT2D eigenvalue weighted by atomic mass is 10.2. The largest absolute Gasteiger partial charge is 0.338 e. The van der Waals surface area contributed by atoms with Crippen LogP contribution >= 0.6 is 0 Å². The number of nitrogens with zero attached hydrogens (tertiary/aromatic N) is 4. The highest BCUT2D eigenvalue weighted by molar-refractivity contribution is 4.98. The predicted molar refractivity (Wildman–Crippen MR) is 61.1 cm³/mol. The van der Waals surface area contributed by atoms with Gasteiger partial charge in [0.15, 0.2) is 5.82 Å². The second-order valence-electron chi connectivity index (χ2n) is 4.52. The molecule has 0 radical (unpaired) electrons. The molecule has 1 aliphatic heterocycles. The number of rotatable bonds is 3. The Bertz CT molecular complexity index is 408. The zero-order chi connectivity index (χ0) is 12.3. The summed E-state index contributed by atoms with van der Waals surface area (Å²) in [4.78, 5) is 6.39. The summed E-state index contributed by atoms with van der Waals surface area (Å²) in [5.41, 5.74) is 0. The van der Waals surface area contributed by atoms with Gasteiger partial charge in [-0.1, -0.05) is 19.0 Å². The van der Waals surface area contributed by atoms with Crippen LogP contribution in [0.4, 0.5) is 0 Å². The van der Waals surface area contributed by atoms with E-state index >= 15 is 0 Å². The maximum absolute atomic E-state index is 9.03. The van der Waals surface area contributed by atoms with E-state index in [9.17, 15) is 0 Å². The topological polar surface area (TPSA) is 78.0 Å². The van der Waals surface area contributed by atoms with Gasteiger partial charge < -0.3 is 9.84 Å². The number of piperazine rings is 1. The molecule has 1 unspecified atom stereocenters. The Morgan fingerprint density at radius 3 is 3.12 bits per heavy atom. The quantitative estimate of drug-likeness (QED) is 0.821. The molecule has 0 bridgehead atoms. The van der Waals surface area contributed by atoms with Gasteiger partial charge in [-0.25, -0.2) is 0 Å². The van der Waals surface area contributed by atoms with Crippen molar-refractivity contribution in [2.75, 3.05) is 19.6 Å². The maximum atomic E-state index is 9.03. The van der Waals surface area contributed by atoms with E-state index < -0.39 is 0 Å². The van der Waals surface area contributed by atoms with Crippen LogP contribution < -0.4 is 5.32 Å². The van der Waals surface area contributed by atoms with Crippen LogP contribution in [0.1, 0.15) is 31.5 Å². The zero-order valence-corrected chi connectivity index (χ0v) is 10.2. The number of aromatic nitrogens is 2. The first-order chi connectivity index (χ1) is 8.20. The van der Waals surface area contributed by atoms with Crippen molar-refractivity contribution in [3.63, 3.8) is 0 Å². The van der Waals surface area contributed by atoms with Gasteiger partial charge in [0.2, 0.25) is 5.89 Å². The third kappa shape index (κ3) is 2.81. The number of nitrogens with one attached hydrogen (secondary N) is 1. The van der Waals surface area contributed by atoms with Crippen molar-refractivity contribution in [1.82, 2.24) is 20.4 Å². The van der Waals surface area contributed by atoms with Crippen LogP contribution in [0.5, 0.6) is 0 Å². The van der Waals surface area contributed by atoms with Gasteiger partial charge in [-0.2, -0.15) is 10.2 Å². The van der Waals surface area contributed by atoms with Gasteiger partial charge in [-0.15, -0.1) is 0 Å². The third-order valence-corrected chi connectivity index (χ3v) is 2.84. The molecule has 17 heavy (non-hydrogen) atoms. The lowest BCUT2D eigenvalue weighted by Gasteiger charge is -2.30. The molecule has 92 valence electrons. The van der Waals surface area contributed by atoms with Gasteiger partial charge in [0.25, 0.3) is 0 Å². The Morgan fingerprint density at radius 2 is 2.47 bits per heavy atom. The number of hydrogen-bond acceptors (Lipinski definition) is 6. The van der Waals surface area contributed by atoms with Crippen LogP contribution in [0, 0.1) is 11.3 Å². The highest BCUT2D eigenvalue weighted by Gasteiger charge is 2.23. The van der Waals surface area contributed by atoms with E-state index in [1.807, 2.05) is 13.8 Å². The van der Waals surface area contributed by atoms with Gasteiger partial charge in [0.1, 0.15) is 6.04 Å². The zero-order valence-electron chi connectivity index (χ0n) is 10.2. The summed E-state index contributed by atoms with van der Waals surface area (Å²) in [5, 5.41) is 16.1. The first-order valence-electron chi connectivity index (χ1n) is 5.87. The summed E-state index contributed by atoms with van der Waals surface area (Å²) in [6.45, 7) is 7.03. The fraction of sp³-hybridized carbons (Fsp3) is 0.727. The number of hydrogen-bond donors (Lipinski definition) is 1. The molecule has 1 aromatic heterocycles. The summed E-state index contributed by atoms with van der Waals surface area (Å²) in [5.74, 6) is 1.58. The molecule has 1 fully saturated rings. The second kappa shape index (κ2) is 5.25. The van der Waals surface area contributed by atoms with Gasteiger partial charge in [0.05, 0.1) is 12.6 Å². The van der Waals surface area contributed by atoms with Gasteiger partial charge >= 0.3 is 0 Å². The number of nitriles is 1. The van der Waals surface area contributed by atoms with Crippen molar-refractivity contribution >= 4 is 0 Å². The van der Waals surface area contributed by atoms with Crippen molar-refractivity contribution in [2.45, 2.75) is 32.4 Å². The van der Waals surface area contributed by atoms with Gasteiger partial charge in [0, 0.05) is 25.6 Å². The van der Waals surface area contributed by atoms with Crippen LogP contribution in [0.15, 0.2) is 4.52 Å². The molecule has 1 atom stereocenters. The van der Waals surface area contributed by atoms with E-state index in [0.717, 1.165) is 18.9 Å². The molecule has 2 heterocycles. The molecule has 2 rings (SSSR count). The monoisotopic (exact) mass is 235 g/mol. The van der Waals surface area contributed by atoms with Crippen LogP contribution in [0.25, 0.3) is 0 Å². The molecule has 0 amide bonds. The highest BCUT2D eigenvalue weighted by Crippen LogP contribution is 2.12. The molecular weight excluding hydrogens is 218 g/mol. The average Bonchev–Trinajstić information content (AvgIpc) is 2.78. The van der Waals surface area contributed by atoms with E-state index in [1.54, 1.807) is 0 Å². The molecule has 6 nitrogen and oxygen atoms in total. The Morgan fingerprint density at radius 1 is 1.65 bits per heavy atom. The minimum Gasteiger partial charge on any atom is -0.338 e. The SMILES string of the molecule is CC(C)c1noc(CN2CCNCC2C#N)n1. The van der Waals surface area contributed by atoms with Crippen molar-refractivity contribution in [1.29, 1.82) is 5.26 Å². The van der Waals surface area contributed by atoms with Crippen LogP contribution in [-0.2, 0) is 6.54 Å². The first-order valence-corrected chi connectivity index (χ1v) is 5.87. The summed E-state index contributed by atoms with van der Waals surface area (Å²) >= 11 is 0. The Balaban J connectivity index is 2.01. The molecule has 0 aromatic carbocycles. The molecule has 0 saturated carbocycles. The van der Waals surface area contributed by atoms with E-state index in [-0.39, 0.29) is 12.0 Å². The molecule has 0 spiro atoms. The summed E-state index contributed by atoms with van der Waals surface area (Å²) < 4.78 is 5.19. The summed E-state index contributed by atoms with van der Waals surface area (Å²) in [6, 6.07) is 2.16. The lowest BCUT2D eigenvalue weighted by molar-refractivity contribution is 0.166. The summed E-state index contributed by atoms with van der Waals surface area (Å²) in [6.07, 6.45) is 0. The first kappa shape index (κ1) is 12.0. The van der Waals surface area contributed by atoms with Crippen molar-refractivity contribution in [3.05, 3.63) is 11.7 Å². The Kier molecular flexibility index (Phi) is 3.71. The average molecular weight is 235 g/mol. The lowest BCUT2D eigenvalue weighted by Crippen LogP contribution is -2.50. The maximum Gasteiger partial charge on any atom is 0.240 e. The fourth-order valence-electron chi connectivity index (χ4n) is 1.80. The van der Waals surface area contributed by atoms with E-state index in [1.165, 1.54) is 0 Å². The molecule has 1 saturated heterocycles. The molecule has 0 aliphatic carbocycles. The predicted octanol–water partition coefficient (Wildman–Crippen LogP) is 0.490. The van der Waals surface area contributed by atoms with Crippen LogP contribution in [0.2, 0.25) is 0 Å². The van der Waals surface area contributed by atoms with Crippen LogP contribution in [0.3, 0.4) is 0 Å². The Labute approximate surface area is 101 Å². The molecule has 1 aromatic rings.